The molecule has 0 spiro atoms. The van der Waals surface area contributed by atoms with Crippen LogP contribution in [0.2, 0.25) is 5.02 Å². The highest BCUT2D eigenvalue weighted by Crippen LogP contribution is 2.37. The molecule has 1 N–H and O–H groups in total. The minimum absolute atomic E-state index is 0.0368. The van der Waals surface area contributed by atoms with E-state index in [1.807, 2.05) is 35.1 Å². The maximum Gasteiger partial charge on any atom is 0.271 e. The fourth-order valence-electron chi connectivity index (χ4n) is 3.93. The summed E-state index contributed by atoms with van der Waals surface area (Å²) in [6.07, 6.45) is 6.04. The van der Waals surface area contributed by atoms with Gasteiger partial charge in [-0.2, -0.15) is 0 Å². The third kappa shape index (κ3) is 2.61. The molecule has 1 aromatic heterocycles. The molecule has 2 bridgehead atoms. The molecule has 2 unspecified atom stereocenters. The second-order valence-corrected chi connectivity index (χ2v) is 6.95. The van der Waals surface area contributed by atoms with Gasteiger partial charge in [-0.1, -0.05) is 23.7 Å². The Morgan fingerprint density at radius 1 is 1.18 bits per heavy atom. The van der Waals surface area contributed by atoms with Gasteiger partial charge in [0.1, 0.15) is 0 Å². The van der Waals surface area contributed by atoms with E-state index >= 15 is 0 Å². The fourth-order valence-corrected chi connectivity index (χ4v) is 4.06. The zero-order valence-corrected chi connectivity index (χ0v) is 13.2. The largest absolute Gasteiger partial charge is 0.298 e. The number of rotatable bonds is 4. The Morgan fingerprint density at radius 2 is 2.00 bits per heavy atom. The number of H-pyrrole nitrogens is 1. The molecule has 0 radical (unpaired) electrons. The number of aromatic amines is 1. The summed E-state index contributed by atoms with van der Waals surface area (Å²) >= 11 is 5.90. The van der Waals surface area contributed by atoms with Gasteiger partial charge in [0.2, 0.25) is 0 Å². The third-order valence-corrected chi connectivity index (χ3v) is 5.33. The van der Waals surface area contributed by atoms with Crippen LogP contribution in [0, 0.1) is 5.92 Å². The van der Waals surface area contributed by atoms with Crippen molar-refractivity contribution in [3.8, 4) is 11.1 Å². The summed E-state index contributed by atoms with van der Waals surface area (Å²) in [6, 6.07) is 8.18. The first-order valence-electron chi connectivity index (χ1n) is 7.98. The van der Waals surface area contributed by atoms with Gasteiger partial charge in [-0.25, -0.2) is 0 Å². The Kier molecular flexibility index (Phi) is 3.59. The van der Waals surface area contributed by atoms with E-state index in [4.69, 9.17) is 11.6 Å². The summed E-state index contributed by atoms with van der Waals surface area (Å²) < 4.78 is 1.91. The minimum Gasteiger partial charge on any atom is -0.298 e. The normalized spacial score (nSPS) is 24.2. The van der Waals surface area contributed by atoms with Gasteiger partial charge in [-0.05, 0) is 42.9 Å². The van der Waals surface area contributed by atoms with Crippen molar-refractivity contribution in [2.75, 3.05) is 13.1 Å². The van der Waals surface area contributed by atoms with Gasteiger partial charge in [-0.3, -0.25) is 19.5 Å². The number of hydrogen-bond donors (Lipinski definition) is 1. The molecule has 0 amide bonds. The van der Waals surface area contributed by atoms with Crippen molar-refractivity contribution in [3.63, 3.8) is 0 Å². The second-order valence-electron chi connectivity index (χ2n) is 6.51. The smallest absolute Gasteiger partial charge is 0.271 e. The molecule has 5 heteroatoms. The van der Waals surface area contributed by atoms with Crippen LogP contribution >= 0.6 is 11.6 Å². The quantitative estimate of drug-likeness (QED) is 0.942. The van der Waals surface area contributed by atoms with Gasteiger partial charge in [-0.15, -0.1) is 0 Å². The number of hydrogen-bond acceptors (Lipinski definition) is 2. The summed E-state index contributed by atoms with van der Waals surface area (Å²) in [5.41, 5.74) is 1.58. The van der Waals surface area contributed by atoms with E-state index in [0.717, 1.165) is 30.6 Å². The van der Waals surface area contributed by atoms with Gasteiger partial charge in [0, 0.05) is 30.4 Å². The number of likely N-dealkylation sites (tertiary alicyclic amines) is 1. The Hall–Kier alpha value is -1.52. The number of fused-ring (bicyclic) bond motifs is 2. The first-order valence-corrected chi connectivity index (χ1v) is 8.36. The maximum atomic E-state index is 12.1. The van der Waals surface area contributed by atoms with Gasteiger partial charge in [0.15, 0.2) is 0 Å². The number of benzene rings is 1. The molecule has 116 valence electrons. The van der Waals surface area contributed by atoms with Gasteiger partial charge < -0.3 is 0 Å². The lowest BCUT2D eigenvalue weighted by atomic mass is 10.1. The van der Waals surface area contributed by atoms with E-state index in [2.05, 4.69) is 10.00 Å². The molecule has 1 aromatic carbocycles. The van der Waals surface area contributed by atoms with Crippen molar-refractivity contribution in [1.29, 1.82) is 0 Å². The van der Waals surface area contributed by atoms with Crippen molar-refractivity contribution in [1.82, 2.24) is 14.7 Å². The molecule has 4 nitrogen and oxygen atoms in total. The summed E-state index contributed by atoms with van der Waals surface area (Å²) in [4.78, 5) is 14.7. The third-order valence-electron chi connectivity index (χ3n) is 5.08. The average molecular weight is 318 g/mol. The lowest BCUT2D eigenvalue weighted by Gasteiger charge is -2.26. The molecule has 2 atom stereocenters. The Balaban J connectivity index is 1.46. The van der Waals surface area contributed by atoms with E-state index in [-0.39, 0.29) is 5.56 Å². The van der Waals surface area contributed by atoms with Gasteiger partial charge in [0.25, 0.3) is 5.56 Å². The van der Waals surface area contributed by atoms with Gasteiger partial charge >= 0.3 is 0 Å². The van der Waals surface area contributed by atoms with Crippen LogP contribution in [0.15, 0.2) is 35.3 Å². The summed E-state index contributed by atoms with van der Waals surface area (Å²) in [6.45, 7) is 3.10. The molecule has 2 aliphatic rings. The standard InChI is InChI=1S/C17H20ClN3O/c18-14-4-2-13(3-5-14)16-11-21(19-17(16)22)8-7-20-10-12-1-6-15(20)9-12/h2-5,11-12,15H,1,6-10H2,(H,19,22). The highest BCUT2D eigenvalue weighted by molar-refractivity contribution is 6.30. The number of nitrogens with zero attached hydrogens (tertiary/aromatic N) is 2. The van der Waals surface area contributed by atoms with Crippen LogP contribution in [-0.2, 0) is 6.54 Å². The van der Waals surface area contributed by atoms with Crippen LogP contribution in [0.4, 0.5) is 0 Å². The zero-order chi connectivity index (χ0) is 15.1. The van der Waals surface area contributed by atoms with Crippen LogP contribution in [0.5, 0.6) is 0 Å². The first kappa shape index (κ1) is 14.1. The summed E-state index contributed by atoms with van der Waals surface area (Å²) in [5.74, 6) is 0.915. The van der Waals surface area contributed by atoms with Crippen molar-refractivity contribution in [2.45, 2.75) is 31.8 Å². The van der Waals surface area contributed by atoms with Crippen LogP contribution in [0.1, 0.15) is 19.3 Å². The Morgan fingerprint density at radius 3 is 2.68 bits per heavy atom. The van der Waals surface area contributed by atoms with E-state index in [1.165, 1.54) is 25.8 Å². The lowest BCUT2D eigenvalue weighted by Crippen LogP contribution is -2.34. The van der Waals surface area contributed by atoms with Crippen LogP contribution in [0.25, 0.3) is 11.1 Å². The van der Waals surface area contributed by atoms with E-state index < -0.39 is 0 Å². The maximum absolute atomic E-state index is 12.1. The lowest BCUT2D eigenvalue weighted by molar-refractivity contribution is 0.203. The van der Waals surface area contributed by atoms with Crippen LogP contribution in [0.3, 0.4) is 0 Å². The molecule has 1 aliphatic carbocycles. The van der Waals surface area contributed by atoms with E-state index in [1.54, 1.807) is 0 Å². The van der Waals surface area contributed by atoms with E-state index in [9.17, 15) is 4.79 Å². The highest BCUT2D eigenvalue weighted by atomic mass is 35.5. The molecule has 22 heavy (non-hydrogen) atoms. The molecule has 4 rings (SSSR count). The van der Waals surface area contributed by atoms with Gasteiger partial charge in [0.05, 0.1) is 12.1 Å². The molecular weight excluding hydrogens is 298 g/mol. The predicted molar refractivity (Wildman–Crippen MR) is 88.2 cm³/mol. The zero-order valence-electron chi connectivity index (χ0n) is 12.5. The number of aromatic nitrogens is 2. The monoisotopic (exact) mass is 317 g/mol. The van der Waals surface area contributed by atoms with Crippen molar-refractivity contribution < 1.29 is 0 Å². The van der Waals surface area contributed by atoms with E-state index in [0.29, 0.717) is 10.6 Å². The number of nitrogens with one attached hydrogen (secondary N) is 1. The minimum atomic E-state index is -0.0368. The first-order chi connectivity index (χ1) is 10.7. The second kappa shape index (κ2) is 5.60. The summed E-state index contributed by atoms with van der Waals surface area (Å²) in [7, 11) is 0. The molecule has 2 aromatic rings. The van der Waals surface area contributed by atoms with Crippen molar-refractivity contribution >= 4 is 11.6 Å². The highest BCUT2D eigenvalue weighted by Gasteiger charge is 2.37. The molecule has 1 aliphatic heterocycles. The molecule has 2 fully saturated rings. The Bertz CT molecular complexity index is 718. The Labute approximate surface area is 134 Å². The summed E-state index contributed by atoms with van der Waals surface area (Å²) in [5, 5.41) is 3.61. The molecule has 1 saturated carbocycles. The number of halogens is 1. The molecule has 1 saturated heterocycles. The predicted octanol–water partition coefficient (Wildman–Crippen LogP) is 2.98. The average Bonchev–Trinajstić information content (AvgIpc) is 3.21. The van der Waals surface area contributed by atoms with Crippen LogP contribution in [-0.4, -0.2) is 33.8 Å². The fraction of sp³-hybridized carbons (Fsp3) is 0.471. The molecule has 2 heterocycles. The van der Waals surface area contributed by atoms with Crippen molar-refractivity contribution in [2.24, 2.45) is 5.92 Å². The molecular formula is C17H20ClN3O. The van der Waals surface area contributed by atoms with Crippen LogP contribution < -0.4 is 5.56 Å². The number of piperidine rings is 1. The SMILES string of the molecule is O=c1[nH]n(CCN2CC3CCC2C3)cc1-c1ccc(Cl)cc1. The topological polar surface area (TPSA) is 41.0 Å². The van der Waals surface area contributed by atoms with Crippen molar-refractivity contribution in [3.05, 3.63) is 45.8 Å².